The van der Waals surface area contributed by atoms with Crippen LogP contribution in [-0.4, -0.2) is 73.7 Å². The SMILES string of the molecule is CN=C(NCC1CCCN1CC1CCCCC1)NC1CCN(C2CC2)CC1.I. The summed E-state index contributed by atoms with van der Waals surface area (Å²) in [4.78, 5) is 9.97. The summed E-state index contributed by atoms with van der Waals surface area (Å²) in [6, 6.07) is 2.20. The molecule has 0 amide bonds. The summed E-state index contributed by atoms with van der Waals surface area (Å²) in [7, 11) is 1.92. The summed E-state index contributed by atoms with van der Waals surface area (Å²) in [6.45, 7) is 6.20. The number of guanidine groups is 1. The molecule has 0 bridgehead atoms. The first-order valence-corrected chi connectivity index (χ1v) is 11.8. The second-order valence-electron chi connectivity index (χ2n) is 9.43. The molecule has 4 rings (SSSR count). The average Bonchev–Trinajstić information content (AvgIpc) is 3.47. The molecule has 0 aromatic carbocycles. The Labute approximate surface area is 189 Å². The van der Waals surface area contributed by atoms with Gasteiger partial charge in [0.05, 0.1) is 0 Å². The van der Waals surface area contributed by atoms with Crippen LogP contribution in [0.15, 0.2) is 4.99 Å². The van der Waals surface area contributed by atoms with E-state index < -0.39 is 0 Å². The van der Waals surface area contributed by atoms with E-state index in [9.17, 15) is 0 Å². The molecule has 2 aliphatic heterocycles. The molecule has 2 saturated carbocycles. The second kappa shape index (κ2) is 11.3. The van der Waals surface area contributed by atoms with E-state index in [4.69, 9.17) is 0 Å². The number of nitrogens with one attached hydrogen (secondary N) is 2. The van der Waals surface area contributed by atoms with Crippen LogP contribution in [0.5, 0.6) is 0 Å². The third kappa shape index (κ3) is 6.46. The molecule has 162 valence electrons. The van der Waals surface area contributed by atoms with Crippen molar-refractivity contribution >= 4 is 29.9 Å². The van der Waals surface area contributed by atoms with E-state index in [0.29, 0.717) is 12.1 Å². The normalized spacial score (nSPS) is 28.9. The minimum absolute atomic E-state index is 0. The average molecular weight is 504 g/mol. The number of piperidine rings is 1. The summed E-state index contributed by atoms with van der Waals surface area (Å²) in [5.41, 5.74) is 0. The molecule has 2 aliphatic carbocycles. The Balaban J connectivity index is 0.00000225. The van der Waals surface area contributed by atoms with Gasteiger partial charge in [0, 0.05) is 51.4 Å². The molecule has 0 spiro atoms. The highest BCUT2D eigenvalue weighted by Crippen LogP contribution is 2.29. The molecule has 1 atom stereocenters. The molecule has 28 heavy (non-hydrogen) atoms. The van der Waals surface area contributed by atoms with Gasteiger partial charge in [-0.15, -0.1) is 24.0 Å². The van der Waals surface area contributed by atoms with Crippen LogP contribution < -0.4 is 10.6 Å². The van der Waals surface area contributed by atoms with Crippen molar-refractivity contribution in [3.05, 3.63) is 0 Å². The number of nitrogens with zero attached hydrogens (tertiary/aromatic N) is 3. The number of hydrogen-bond donors (Lipinski definition) is 2. The van der Waals surface area contributed by atoms with Crippen molar-refractivity contribution in [3.8, 4) is 0 Å². The third-order valence-electron chi connectivity index (χ3n) is 7.38. The standard InChI is InChI=1S/C22H41N5.HI/c1-23-22(25-19-11-14-26(15-12-19)20-9-10-20)24-16-21-8-5-13-27(21)17-18-6-3-2-4-7-18;/h18-21H,2-17H2,1H3,(H2,23,24,25);1H. The van der Waals surface area contributed by atoms with Crippen LogP contribution in [0.2, 0.25) is 0 Å². The highest BCUT2D eigenvalue weighted by molar-refractivity contribution is 14.0. The molecular weight excluding hydrogens is 461 g/mol. The van der Waals surface area contributed by atoms with Crippen molar-refractivity contribution in [2.24, 2.45) is 10.9 Å². The highest BCUT2D eigenvalue weighted by atomic mass is 127. The molecular formula is C22H42IN5. The van der Waals surface area contributed by atoms with Gasteiger partial charge in [0.15, 0.2) is 5.96 Å². The predicted molar refractivity (Wildman–Crippen MR) is 129 cm³/mol. The molecule has 0 aromatic heterocycles. The van der Waals surface area contributed by atoms with Gasteiger partial charge < -0.3 is 15.5 Å². The maximum atomic E-state index is 4.51. The lowest BCUT2D eigenvalue weighted by Gasteiger charge is -2.34. The molecule has 4 aliphatic rings. The lowest BCUT2D eigenvalue weighted by Crippen LogP contribution is -2.51. The largest absolute Gasteiger partial charge is 0.355 e. The molecule has 6 heteroatoms. The number of likely N-dealkylation sites (tertiary alicyclic amines) is 2. The number of rotatable bonds is 6. The third-order valence-corrected chi connectivity index (χ3v) is 7.38. The van der Waals surface area contributed by atoms with Gasteiger partial charge >= 0.3 is 0 Å². The quantitative estimate of drug-likeness (QED) is 0.331. The second-order valence-corrected chi connectivity index (χ2v) is 9.43. The molecule has 2 N–H and O–H groups in total. The Kier molecular flexibility index (Phi) is 9.16. The Morgan fingerprint density at radius 3 is 2.32 bits per heavy atom. The molecule has 0 aromatic rings. The van der Waals surface area contributed by atoms with Crippen LogP contribution in [0.1, 0.15) is 70.6 Å². The first-order chi connectivity index (χ1) is 13.3. The van der Waals surface area contributed by atoms with E-state index in [2.05, 4.69) is 25.4 Å². The summed E-state index contributed by atoms with van der Waals surface area (Å²) >= 11 is 0. The Morgan fingerprint density at radius 1 is 0.893 bits per heavy atom. The molecule has 1 unspecified atom stereocenters. The van der Waals surface area contributed by atoms with Gasteiger partial charge in [0.25, 0.3) is 0 Å². The topological polar surface area (TPSA) is 42.9 Å². The van der Waals surface area contributed by atoms with Gasteiger partial charge in [-0.2, -0.15) is 0 Å². The zero-order valence-corrected chi connectivity index (χ0v) is 20.2. The molecule has 2 saturated heterocycles. The van der Waals surface area contributed by atoms with E-state index in [0.717, 1.165) is 24.5 Å². The first kappa shape index (κ1) is 22.6. The van der Waals surface area contributed by atoms with Crippen LogP contribution >= 0.6 is 24.0 Å². The Hall–Kier alpha value is -0.0800. The molecule has 5 nitrogen and oxygen atoms in total. The molecule has 4 fully saturated rings. The smallest absolute Gasteiger partial charge is 0.191 e. The monoisotopic (exact) mass is 503 g/mol. The number of halogens is 1. The van der Waals surface area contributed by atoms with Crippen LogP contribution in [0.4, 0.5) is 0 Å². The van der Waals surface area contributed by atoms with Crippen molar-refractivity contribution in [3.63, 3.8) is 0 Å². The maximum Gasteiger partial charge on any atom is 0.191 e. The minimum Gasteiger partial charge on any atom is -0.355 e. The fourth-order valence-electron chi connectivity index (χ4n) is 5.52. The Morgan fingerprint density at radius 2 is 1.64 bits per heavy atom. The van der Waals surface area contributed by atoms with Gasteiger partial charge in [-0.05, 0) is 63.8 Å². The van der Waals surface area contributed by atoms with Gasteiger partial charge in [0.1, 0.15) is 0 Å². The van der Waals surface area contributed by atoms with Crippen LogP contribution in [0.25, 0.3) is 0 Å². The van der Waals surface area contributed by atoms with E-state index >= 15 is 0 Å². The minimum atomic E-state index is 0. The summed E-state index contributed by atoms with van der Waals surface area (Å²) in [5, 5.41) is 7.36. The fourth-order valence-corrected chi connectivity index (χ4v) is 5.52. The lowest BCUT2D eigenvalue weighted by molar-refractivity contribution is 0.187. The molecule has 0 radical (unpaired) electrons. The Bertz CT molecular complexity index is 481. The summed E-state index contributed by atoms with van der Waals surface area (Å²) in [5.74, 6) is 1.97. The van der Waals surface area contributed by atoms with Crippen LogP contribution in [0.3, 0.4) is 0 Å². The van der Waals surface area contributed by atoms with E-state index in [1.165, 1.54) is 96.8 Å². The number of aliphatic imine (C=N–C) groups is 1. The number of hydrogen-bond acceptors (Lipinski definition) is 3. The zero-order chi connectivity index (χ0) is 18.5. The predicted octanol–water partition coefficient (Wildman–Crippen LogP) is 3.44. The van der Waals surface area contributed by atoms with Crippen molar-refractivity contribution < 1.29 is 0 Å². The van der Waals surface area contributed by atoms with Crippen molar-refractivity contribution in [2.75, 3.05) is 39.8 Å². The highest BCUT2D eigenvalue weighted by Gasteiger charge is 2.32. The van der Waals surface area contributed by atoms with Crippen molar-refractivity contribution in [1.29, 1.82) is 0 Å². The fraction of sp³-hybridized carbons (Fsp3) is 0.955. The molecule has 2 heterocycles. The maximum absolute atomic E-state index is 4.51. The van der Waals surface area contributed by atoms with E-state index in [1.54, 1.807) is 0 Å². The van der Waals surface area contributed by atoms with Crippen molar-refractivity contribution in [2.45, 2.75) is 88.8 Å². The van der Waals surface area contributed by atoms with Gasteiger partial charge in [-0.1, -0.05) is 19.3 Å². The van der Waals surface area contributed by atoms with Gasteiger partial charge in [-0.3, -0.25) is 9.89 Å². The van der Waals surface area contributed by atoms with Gasteiger partial charge in [0.2, 0.25) is 0 Å². The lowest BCUT2D eigenvalue weighted by atomic mass is 9.89. The van der Waals surface area contributed by atoms with Gasteiger partial charge in [-0.25, -0.2) is 0 Å². The van der Waals surface area contributed by atoms with E-state index in [-0.39, 0.29) is 24.0 Å². The summed E-state index contributed by atoms with van der Waals surface area (Å²) < 4.78 is 0. The first-order valence-electron chi connectivity index (χ1n) is 11.8. The zero-order valence-electron chi connectivity index (χ0n) is 17.9. The van der Waals surface area contributed by atoms with E-state index in [1.807, 2.05) is 7.05 Å². The summed E-state index contributed by atoms with van der Waals surface area (Å²) in [6.07, 6.45) is 15.4. The van der Waals surface area contributed by atoms with Crippen LogP contribution in [0, 0.1) is 5.92 Å². The van der Waals surface area contributed by atoms with Crippen LogP contribution in [-0.2, 0) is 0 Å². The van der Waals surface area contributed by atoms with Crippen molar-refractivity contribution in [1.82, 2.24) is 20.4 Å².